The first-order valence-corrected chi connectivity index (χ1v) is 11.1. The molecular weight excluding hydrogens is 378 g/mol. The number of nitrogens with zero attached hydrogens (tertiary/aromatic N) is 2. The van der Waals surface area contributed by atoms with E-state index in [9.17, 15) is 0 Å². The van der Waals surface area contributed by atoms with Crippen molar-refractivity contribution in [3.63, 3.8) is 0 Å². The maximum Gasteiger partial charge on any atom is 0.0923 e. The van der Waals surface area contributed by atoms with Gasteiger partial charge in [0.1, 0.15) is 0 Å². The predicted octanol–water partition coefficient (Wildman–Crippen LogP) is 6.32. The van der Waals surface area contributed by atoms with Crippen molar-refractivity contribution < 1.29 is 0 Å². The molecule has 2 aromatic carbocycles. The lowest BCUT2D eigenvalue weighted by atomic mass is 9.89. The zero-order chi connectivity index (χ0) is 20.5. The van der Waals surface area contributed by atoms with Crippen LogP contribution < -0.4 is 10.0 Å². The largest absolute Gasteiger partial charge is 0.360 e. The zero-order valence-electron chi connectivity index (χ0n) is 17.3. The normalized spacial score (nSPS) is 16.0. The van der Waals surface area contributed by atoms with Gasteiger partial charge >= 0.3 is 0 Å². The van der Waals surface area contributed by atoms with E-state index in [2.05, 4.69) is 58.2 Å². The van der Waals surface area contributed by atoms with E-state index >= 15 is 0 Å². The average molecular weight is 410 g/mol. The van der Waals surface area contributed by atoms with Crippen molar-refractivity contribution in [2.24, 2.45) is 5.11 Å². The maximum absolute atomic E-state index is 7.49. The molecule has 0 aliphatic carbocycles. The summed E-state index contributed by atoms with van der Waals surface area (Å²) in [5, 5.41) is 7.51. The van der Waals surface area contributed by atoms with Crippen molar-refractivity contribution >= 4 is 23.3 Å². The first kappa shape index (κ1) is 21.4. The Morgan fingerprint density at radius 1 is 1.14 bits per heavy atom. The number of hydrogen-bond acceptors (Lipinski definition) is 6. The molecule has 0 spiro atoms. The topological polar surface area (TPSA) is 63.5 Å². The van der Waals surface area contributed by atoms with Gasteiger partial charge in [0.05, 0.1) is 5.70 Å². The summed E-state index contributed by atoms with van der Waals surface area (Å²) in [6.07, 6.45) is 4.12. The highest BCUT2D eigenvalue weighted by Crippen LogP contribution is 2.30. The third-order valence-electron chi connectivity index (χ3n) is 5.07. The Morgan fingerprint density at radius 3 is 2.55 bits per heavy atom. The van der Waals surface area contributed by atoms with Crippen LogP contribution in [-0.4, -0.2) is 29.8 Å². The van der Waals surface area contributed by atoms with Gasteiger partial charge in [-0.3, -0.25) is 4.90 Å². The van der Waals surface area contributed by atoms with Crippen molar-refractivity contribution in [1.82, 2.24) is 4.90 Å². The van der Waals surface area contributed by atoms with Gasteiger partial charge in [0, 0.05) is 29.4 Å². The van der Waals surface area contributed by atoms with Crippen molar-refractivity contribution in [3.8, 4) is 0 Å². The van der Waals surface area contributed by atoms with Crippen LogP contribution >= 0.6 is 11.9 Å². The number of nitrogens with one attached hydrogen (secondary N) is 3. The maximum atomic E-state index is 7.49. The first-order valence-electron chi connectivity index (χ1n) is 10.3. The monoisotopic (exact) mass is 409 g/mol. The minimum absolute atomic E-state index is 0.558. The predicted molar refractivity (Wildman–Crippen MR) is 125 cm³/mol. The molecule has 29 heavy (non-hydrogen) atoms. The summed E-state index contributed by atoms with van der Waals surface area (Å²) in [6, 6.07) is 18.8. The molecule has 3 N–H and O–H groups in total. The molecule has 1 fully saturated rings. The molecule has 2 aromatic rings. The van der Waals surface area contributed by atoms with Gasteiger partial charge < -0.3 is 10.0 Å². The molecule has 0 bridgehead atoms. The van der Waals surface area contributed by atoms with Crippen molar-refractivity contribution in [1.29, 1.82) is 5.53 Å². The van der Waals surface area contributed by atoms with E-state index < -0.39 is 0 Å². The summed E-state index contributed by atoms with van der Waals surface area (Å²) in [5.74, 6) is 0.597. The third kappa shape index (κ3) is 6.91. The van der Waals surface area contributed by atoms with Crippen LogP contribution in [0.15, 0.2) is 71.6 Å². The number of hydrogen-bond donors (Lipinski definition) is 3. The van der Waals surface area contributed by atoms with Crippen LogP contribution in [-0.2, 0) is 0 Å². The number of benzene rings is 2. The smallest absolute Gasteiger partial charge is 0.0923 e. The molecule has 3 rings (SSSR count). The highest BCUT2D eigenvalue weighted by atomic mass is 32.2. The van der Waals surface area contributed by atoms with Gasteiger partial charge in [-0.1, -0.05) is 44.2 Å². The Morgan fingerprint density at radius 2 is 1.86 bits per heavy atom. The molecule has 0 radical (unpaired) electrons. The Kier molecular flexibility index (Phi) is 8.14. The molecule has 1 aliphatic heterocycles. The fourth-order valence-corrected chi connectivity index (χ4v) is 4.01. The quantitative estimate of drug-likeness (QED) is 0.335. The number of rotatable bonds is 9. The lowest BCUT2D eigenvalue weighted by molar-refractivity contribution is 0.227. The van der Waals surface area contributed by atoms with Crippen LogP contribution in [0.3, 0.4) is 0 Å². The SMILES string of the molecule is CC(C)SNc1cccc(C2CCN(C/C(=C/Nc3ccccc3)N=N)CC2)c1. The van der Waals surface area contributed by atoms with Gasteiger partial charge in [-0.25, -0.2) is 5.53 Å². The summed E-state index contributed by atoms with van der Waals surface area (Å²) < 4.78 is 3.45. The second-order valence-electron chi connectivity index (χ2n) is 7.70. The van der Waals surface area contributed by atoms with E-state index in [1.165, 1.54) is 11.3 Å². The summed E-state index contributed by atoms with van der Waals surface area (Å²) >= 11 is 1.75. The first-order chi connectivity index (χ1) is 14.1. The summed E-state index contributed by atoms with van der Waals surface area (Å²) in [5.41, 5.74) is 11.9. The van der Waals surface area contributed by atoms with E-state index in [0.29, 0.717) is 17.7 Å². The van der Waals surface area contributed by atoms with E-state index in [0.717, 1.165) is 37.3 Å². The molecule has 1 heterocycles. The highest BCUT2D eigenvalue weighted by molar-refractivity contribution is 8.01. The Bertz CT molecular complexity index is 798. The van der Waals surface area contributed by atoms with Crippen LogP contribution in [0.5, 0.6) is 0 Å². The van der Waals surface area contributed by atoms with Crippen molar-refractivity contribution in [2.75, 3.05) is 29.7 Å². The standard InChI is InChI=1S/C23H31N5S/c1-18(2)29-27-22-10-6-7-20(15-22)19-11-13-28(14-12-19)17-23(26-24)16-25-21-8-4-3-5-9-21/h3-10,15-16,18-19,24-25,27H,11-14,17H2,1-2H3/b23-16-,26-24?. The molecule has 154 valence electrons. The Labute approximate surface area is 178 Å². The number of para-hydroxylation sites is 1. The van der Waals surface area contributed by atoms with Crippen molar-refractivity contribution in [3.05, 3.63) is 72.1 Å². The molecule has 0 saturated carbocycles. The van der Waals surface area contributed by atoms with Gasteiger partial charge in [-0.15, -0.1) is 0 Å². The zero-order valence-corrected chi connectivity index (χ0v) is 18.1. The lowest BCUT2D eigenvalue weighted by Gasteiger charge is -2.32. The molecule has 0 aromatic heterocycles. The molecular formula is C23H31N5S. The van der Waals surface area contributed by atoms with Gasteiger partial charge in [-0.05, 0) is 73.6 Å². The fraction of sp³-hybridized carbons (Fsp3) is 0.391. The van der Waals surface area contributed by atoms with Crippen LogP contribution in [0, 0.1) is 5.53 Å². The van der Waals surface area contributed by atoms with Gasteiger partial charge in [-0.2, -0.15) is 5.11 Å². The molecule has 1 saturated heterocycles. The van der Waals surface area contributed by atoms with Crippen LogP contribution in [0.25, 0.3) is 0 Å². The van der Waals surface area contributed by atoms with E-state index in [1.54, 1.807) is 11.9 Å². The van der Waals surface area contributed by atoms with Crippen LogP contribution in [0.2, 0.25) is 0 Å². The molecule has 0 amide bonds. The summed E-state index contributed by atoms with van der Waals surface area (Å²) in [7, 11) is 0. The number of likely N-dealkylation sites (tertiary alicyclic amines) is 1. The molecule has 5 nitrogen and oxygen atoms in total. The summed E-state index contributed by atoms with van der Waals surface area (Å²) in [4.78, 5) is 2.39. The molecule has 0 unspecified atom stereocenters. The van der Waals surface area contributed by atoms with Crippen LogP contribution in [0.4, 0.5) is 11.4 Å². The van der Waals surface area contributed by atoms with Gasteiger partial charge in [0.2, 0.25) is 0 Å². The lowest BCUT2D eigenvalue weighted by Crippen LogP contribution is -2.34. The Hall–Kier alpha value is -2.31. The molecule has 1 aliphatic rings. The van der Waals surface area contributed by atoms with Crippen LogP contribution in [0.1, 0.15) is 38.2 Å². The highest BCUT2D eigenvalue weighted by Gasteiger charge is 2.21. The molecule has 0 atom stereocenters. The number of anilines is 2. The average Bonchev–Trinajstić information content (AvgIpc) is 2.76. The van der Waals surface area contributed by atoms with E-state index in [1.807, 2.05) is 36.5 Å². The number of piperidine rings is 1. The van der Waals surface area contributed by atoms with Gasteiger partial charge in [0.15, 0.2) is 0 Å². The van der Waals surface area contributed by atoms with Crippen molar-refractivity contribution in [2.45, 2.75) is 37.9 Å². The minimum Gasteiger partial charge on any atom is -0.360 e. The van der Waals surface area contributed by atoms with E-state index in [-0.39, 0.29) is 0 Å². The second kappa shape index (κ2) is 11.0. The third-order valence-corrected chi connectivity index (χ3v) is 5.89. The molecule has 6 heteroatoms. The second-order valence-corrected chi connectivity index (χ2v) is 9.09. The van der Waals surface area contributed by atoms with E-state index in [4.69, 9.17) is 5.53 Å². The minimum atomic E-state index is 0.558. The summed E-state index contributed by atoms with van der Waals surface area (Å²) in [6.45, 7) is 7.15. The van der Waals surface area contributed by atoms with Gasteiger partial charge in [0.25, 0.3) is 0 Å². The fourth-order valence-electron chi connectivity index (χ4n) is 3.51. The Balaban J connectivity index is 1.51.